The van der Waals surface area contributed by atoms with Crippen molar-refractivity contribution < 1.29 is 0 Å². The average Bonchev–Trinajstić information content (AvgIpc) is 3.57. The van der Waals surface area contributed by atoms with E-state index in [-0.39, 0.29) is 0 Å². The van der Waals surface area contributed by atoms with Gasteiger partial charge in [0.2, 0.25) is 0 Å². The molecule has 2 heterocycles. The van der Waals surface area contributed by atoms with Crippen LogP contribution in [0.1, 0.15) is 29.3 Å². The number of nitrogens with zero attached hydrogens (tertiary/aromatic N) is 3. The van der Waals surface area contributed by atoms with Gasteiger partial charge in [-0.05, 0) is 61.4 Å². The Hall–Kier alpha value is -5.01. The second-order valence-corrected chi connectivity index (χ2v) is 11.9. The van der Waals surface area contributed by atoms with Crippen LogP contribution < -0.4 is 0 Å². The predicted molar refractivity (Wildman–Crippen MR) is 200 cm³/mol. The molecule has 0 fully saturated rings. The van der Waals surface area contributed by atoms with E-state index in [1.807, 2.05) is 54.6 Å². The Balaban J connectivity index is 1.54. The van der Waals surface area contributed by atoms with Crippen LogP contribution in [0.3, 0.4) is 0 Å². The molecule has 0 aliphatic rings. The minimum atomic E-state index is 0.415. The normalized spacial score (nSPS) is 12.6. The van der Waals surface area contributed by atoms with Gasteiger partial charge >= 0.3 is 0 Å². The summed E-state index contributed by atoms with van der Waals surface area (Å²) in [5, 5.41) is 12.5. The third kappa shape index (κ3) is 5.13. The van der Waals surface area contributed by atoms with Gasteiger partial charge in [0.05, 0.1) is 33.7 Å². The van der Waals surface area contributed by atoms with E-state index in [1.54, 1.807) is 0 Å². The van der Waals surface area contributed by atoms with E-state index in [0.29, 0.717) is 5.71 Å². The summed E-state index contributed by atoms with van der Waals surface area (Å²) in [6.45, 7) is 4.25. The van der Waals surface area contributed by atoms with E-state index in [1.165, 1.54) is 21.7 Å². The van der Waals surface area contributed by atoms with Gasteiger partial charge in [-0.25, -0.2) is 4.99 Å². The molecule has 0 saturated carbocycles. The van der Waals surface area contributed by atoms with Crippen molar-refractivity contribution >= 4 is 76.6 Å². The molecule has 7 aromatic rings. The fraction of sp³-hybridized carbons (Fsp3) is 0.0500. The van der Waals surface area contributed by atoms with Crippen molar-refractivity contribution in [1.29, 1.82) is 5.41 Å². The van der Waals surface area contributed by atoms with Crippen molar-refractivity contribution in [2.45, 2.75) is 13.8 Å². The van der Waals surface area contributed by atoms with Gasteiger partial charge in [0.15, 0.2) is 3.84 Å². The van der Waals surface area contributed by atoms with Crippen LogP contribution in [-0.2, 0) is 0 Å². The summed E-state index contributed by atoms with van der Waals surface area (Å²) in [6.07, 6.45) is 6.13. The highest BCUT2D eigenvalue weighted by Crippen LogP contribution is 2.40. The van der Waals surface area contributed by atoms with Crippen molar-refractivity contribution in [2.24, 2.45) is 4.99 Å². The number of fused-ring (bicyclic) bond motifs is 5. The molecule has 45 heavy (non-hydrogen) atoms. The van der Waals surface area contributed by atoms with Crippen molar-refractivity contribution in [2.75, 3.05) is 0 Å². The molecule has 0 spiro atoms. The Kier molecular flexibility index (Phi) is 7.78. The first-order chi connectivity index (χ1) is 22.1. The number of rotatable bonds is 6. The van der Waals surface area contributed by atoms with Gasteiger partial charge in [-0.3, -0.25) is 4.57 Å². The lowest BCUT2D eigenvalue weighted by Gasteiger charge is -2.11. The van der Waals surface area contributed by atoms with Gasteiger partial charge in [0, 0.05) is 50.0 Å². The van der Waals surface area contributed by atoms with Gasteiger partial charge in [-0.15, -0.1) is 0 Å². The Morgan fingerprint density at radius 2 is 1.33 bits per heavy atom. The number of benzene rings is 5. The summed E-state index contributed by atoms with van der Waals surface area (Å²) in [4.78, 5) is 5.29. The summed E-state index contributed by atoms with van der Waals surface area (Å²) in [7, 11) is 0. The molecular weight excluding hydrogens is 663 g/mol. The van der Waals surface area contributed by atoms with Crippen LogP contribution >= 0.6 is 22.6 Å². The molecule has 0 atom stereocenters. The molecule has 5 heteroatoms. The summed E-state index contributed by atoms with van der Waals surface area (Å²) in [5.74, 6) is 0. The lowest BCUT2D eigenvalue weighted by Crippen LogP contribution is -2.07. The zero-order valence-corrected chi connectivity index (χ0v) is 27.2. The number of nitrogens with one attached hydrogen (secondary N) is 1. The lowest BCUT2D eigenvalue weighted by molar-refractivity contribution is 1.18. The first kappa shape index (κ1) is 28.7. The van der Waals surface area contributed by atoms with Crippen molar-refractivity contribution in [3.05, 3.63) is 162 Å². The average molecular weight is 695 g/mol. The molecule has 5 aromatic carbocycles. The molecule has 1 N–H and O–H groups in total. The minimum Gasteiger partial charge on any atom is -0.309 e. The molecule has 218 valence electrons. The van der Waals surface area contributed by atoms with Crippen LogP contribution in [0.2, 0.25) is 0 Å². The molecule has 0 bridgehead atoms. The molecule has 0 saturated heterocycles. The quantitative estimate of drug-likeness (QED) is 0.102. The lowest BCUT2D eigenvalue weighted by atomic mass is 10.1. The summed E-state index contributed by atoms with van der Waals surface area (Å²) >= 11 is 2.37. The molecule has 0 aliphatic carbocycles. The van der Waals surface area contributed by atoms with Gasteiger partial charge in [0.1, 0.15) is 0 Å². The van der Waals surface area contributed by atoms with E-state index in [4.69, 9.17) is 10.4 Å². The first-order valence-electron chi connectivity index (χ1n) is 15.0. The third-order valence-corrected chi connectivity index (χ3v) is 8.96. The Labute approximate surface area is 276 Å². The van der Waals surface area contributed by atoms with Gasteiger partial charge in [-0.2, -0.15) is 0 Å². The Morgan fingerprint density at radius 1 is 0.711 bits per heavy atom. The highest BCUT2D eigenvalue weighted by Gasteiger charge is 2.22. The van der Waals surface area contributed by atoms with Crippen LogP contribution in [0, 0.1) is 12.3 Å². The Morgan fingerprint density at radius 3 is 2.02 bits per heavy atom. The maximum atomic E-state index is 8.92. The van der Waals surface area contributed by atoms with E-state index in [9.17, 15) is 0 Å². The maximum Gasteiger partial charge on any atom is 0.176 e. The van der Waals surface area contributed by atoms with E-state index < -0.39 is 0 Å². The summed E-state index contributed by atoms with van der Waals surface area (Å²) in [5.41, 5.74) is 9.82. The molecular formula is C40H31IN4. The number of hydrogen-bond donors (Lipinski definition) is 1. The molecule has 0 radical (unpaired) electrons. The molecule has 4 nitrogen and oxygen atoms in total. The smallest absolute Gasteiger partial charge is 0.176 e. The van der Waals surface area contributed by atoms with Crippen LogP contribution in [-0.4, -0.2) is 18.7 Å². The SMILES string of the molecule is C/C=C\c1c(C)c2ccc3c(c4ccccc4n3-c3ccccc3)c2n1C(I)=N/C(=C\C(=N)c1ccccc1)c1ccccc1. The van der Waals surface area contributed by atoms with Crippen molar-refractivity contribution in [1.82, 2.24) is 9.13 Å². The largest absolute Gasteiger partial charge is 0.309 e. The number of para-hydroxylation sites is 2. The van der Waals surface area contributed by atoms with Crippen LogP contribution in [0.4, 0.5) is 0 Å². The zero-order chi connectivity index (χ0) is 30.9. The number of aromatic nitrogens is 2. The van der Waals surface area contributed by atoms with Gasteiger partial charge in [-0.1, -0.05) is 109 Å². The topological polar surface area (TPSA) is 46.1 Å². The van der Waals surface area contributed by atoms with Crippen LogP contribution in [0.15, 0.2) is 145 Å². The van der Waals surface area contributed by atoms with Gasteiger partial charge < -0.3 is 9.98 Å². The Bertz CT molecular complexity index is 2290. The highest BCUT2D eigenvalue weighted by molar-refractivity contribution is 14.1. The van der Waals surface area contributed by atoms with Crippen molar-refractivity contribution in [3.8, 4) is 5.69 Å². The van der Waals surface area contributed by atoms with E-state index in [0.717, 1.165) is 48.6 Å². The van der Waals surface area contributed by atoms with Gasteiger partial charge in [0.25, 0.3) is 0 Å². The first-order valence-corrected chi connectivity index (χ1v) is 16.1. The predicted octanol–water partition coefficient (Wildman–Crippen LogP) is 10.8. The highest BCUT2D eigenvalue weighted by atomic mass is 127. The number of aryl methyl sites for hydroxylation is 1. The third-order valence-electron chi connectivity index (χ3n) is 8.24. The number of aliphatic imine (C=N–C) groups is 1. The number of allylic oxidation sites excluding steroid dienone is 2. The summed E-state index contributed by atoms with van der Waals surface area (Å²) < 4.78 is 5.45. The fourth-order valence-corrected chi connectivity index (χ4v) is 6.94. The van der Waals surface area contributed by atoms with E-state index in [2.05, 4.69) is 137 Å². The number of halogens is 1. The molecule has 0 unspecified atom stereocenters. The molecule has 0 amide bonds. The second kappa shape index (κ2) is 12.2. The standard InChI is InChI=1S/C40H31IN4/c1-3-15-35-27(2)31-24-25-37-38(32-22-13-14-23-36(32)44(37)30-20-11-6-12-21-30)39(31)45(35)40(41)43-34(29-18-9-5-10-19-29)26-33(42)28-16-7-4-8-17-28/h3-26,42H,1-2H3/b15-3-,34-26-,42-33?,43-40?. The van der Waals surface area contributed by atoms with Crippen molar-refractivity contribution in [3.63, 3.8) is 0 Å². The number of hydrogen-bond acceptors (Lipinski definition) is 2. The second-order valence-electron chi connectivity index (χ2n) is 10.9. The molecule has 0 aliphatic heterocycles. The van der Waals surface area contributed by atoms with Crippen LogP contribution in [0.25, 0.3) is 50.2 Å². The molecule has 7 rings (SSSR count). The molecule has 2 aromatic heterocycles. The zero-order valence-electron chi connectivity index (χ0n) is 25.1. The summed E-state index contributed by atoms with van der Waals surface area (Å²) in [6, 6.07) is 43.7. The monoisotopic (exact) mass is 694 g/mol. The van der Waals surface area contributed by atoms with E-state index >= 15 is 0 Å². The minimum absolute atomic E-state index is 0.415. The van der Waals surface area contributed by atoms with Crippen LogP contribution in [0.5, 0.6) is 0 Å². The fourth-order valence-electron chi connectivity index (χ4n) is 6.18. The maximum absolute atomic E-state index is 8.92.